The topological polar surface area (TPSA) is 50.4 Å². The van der Waals surface area contributed by atoms with E-state index in [0.717, 1.165) is 38.0 Å². The quantitative estimate of drug-likeness (QED) is 0.799. The van der Waals surface area contributed by atoms with Gasteiger partial charge in [0, 0.05) is 19.0 Å². The Bertz CT molecular complexity index is 824. The summed E-state index contributed by atoms with van der Waals surface area (Å²) in [5.74, 6) is 1.36. The molecule has 4 nitrogen and oxygen atoms in total. The van der Waals surface area contributed by atoms with E-state index >= 15 is 0 Å². The molecule has 28 heavy (non-hydrogen) atoms. The third-order valence-electron chi connectivity index (χ3n) is 5.94. The highest BCUT2D eigenvalue weighted by atomic mass is 35.5. The van der Waals surface area contributed by atoms with E-state index < -0.39 is 0 Å². The van der Waals surface area contributed by atoms with E-state index in [1.165, 1.54) is 22.3 Å². The van der Waals surface area contributed by atoms with Gasteiger partial charge in [-0.3, -0.25) is 4.79 Å². The van der Waals surface area contributed by atoms with Gasteiger partial charge in [-0.15, -0.1) is 12.4 Å². The van der Waals surface area contributed by atoms with Gasteiger partial charge in [0.1, 0.15) is 5.75 Å². The minimum absolute atomic E-state index is 0. The minimum atomic E-state index is 0. The zero-order chi connectivity index (χ0) is 18.6. The van der Waals surface area contributed by atoms with E-state index in [1.54, 1.807) is 7.11 Å². The molecule has 1 aliphatic heterocycles. The lowest BCUT2D eigenvalue weighted by Gasteiger charge is -2.28. The molecule has 0 aromatic heterocycles. The number of amides is 1. The first kappa shape index (κ1) is 20.7. The van der Waals surface area contributed by atoms with Crippen molar-refractivity contribution >= 4 is 18.3 Å². The molecule has 4 rings (SSSR count). The van der Waals surface area contributed by atoms with E-state index in [0.29, 0.717) is 18.9 Å². The van der Waals surface area contributed by atoms with Crippen LogP contribution in [0.2, 0.25) is 0 Å². The molecule has 1 amide bonds. The number of fused-ring (bicyclic) bond motifs is 2. The van der Waals surface area contributed by atoms with Gasteiger partial charge in [-0.25, -0.2) is 0 Å². The smallest absolute Gasteiger partial charge is 0.220 e. The highest BCUT2D eigenvalue weighted by Crippen LogP contribution is 2.35. The molecular weight excluding hydrogens is 372 g/mol. The van der Waals surface area contributed by atoms with Crippen molar-refractivity contribution in [3.8, 4) is 5.75 Å². The second-order valence-corrected chi connectivity index (χ2v) is 7.62. The van der Waals surface area contributed by atoms with Crippen LogP contribution in [0.3, 0.4) is 0 Å². The summed E-state index contributed by atoms with van der Waals surface area (Å²) in [6.45, 7) is 1.62. The van der Waals surface area contributed by atoms with Gasteiger partial charge in [-0.2, -0.15) is 0 Å². The number of benzene rings is 2. The van der Waals surface area contributed by atoms with Crippen molar-refractivity contribution in [1.82, 2.24) is 10.6 Å². The lowest BCUT2D eigenvalue weighted by atomic mass is 9.81. The van der Waals surface area contributed by atoms with Crippen molar-refractivity contribution in [3.05, 3.63) is 64.7 Å². The number of ether oxygens (including phenoxy) is 1. The minimum Gasteiger partial charge on any atom is -0.497 e. The van der Waals surface area contributed by atoms with Crippen molar-refractivity contribution in [2.75, 3.05) is 20.2 Å². The molecular formula is C23H29ClN2O2. The molecule has 0 bridgehead atoms. The maximum Gasteiger partial charge on any atom is 0.220 e. The van der Waals surface area contributed by atoms with E-state index in [9.17, 15) is 4.79 Å². The Morgan fingerprint density at radius 1 is 1.14 bits per heavy atom. The number of methoxy groups -OCH3 is 1. The van der Waals surface area contributed by atoms with E-state index in [2.05, 4.69) is 47.0 Å². The predicted molar refractivity (Wildman–Crippen MR) is 114 cm³/mol. The van der Waals surface area contributed by atoms with Crippen LogP contribution in [0.5, 0.6) is 5.75 Å². The lowest BCUT2D eigenvalue weighted by Crippen LogP contribution is -2.39. The van der Waals surface area contributed by atoms with Crippen molar-refractivity contribution < 1.29 is 9.53 Å². The Hall–Kier alpha value is -2.04. The highest BCUT2D eigenvalue weighted by molar-refractivity contribution is 5.85. The molecule has 2 atom stereocenters. The Morgan fingerprint density at radius 3 is 2.86 bits per heavy atom. The number of hydrogen-bond donors (Lipinski definition) is 2. The number of hydrogen-bond acceptors (Lipinski definition) is 3. The van der Waals surface area contributed by atoms with Crippen LogP contribution in [0.1, 0.15) is 53.5 Å². The summed E-state index contributed by atoms with van der Waals surface area (Å²) < 4.78 is 5.34. The van der Waals surface area contributed by atoms with Crippen molar-refractivity contribution in [1.29, 1.82) is 0 Å². The fourth-order valence-corrected chi connectivity index (χ4v) is 4.52. The monoisotopic (exact) mass is 400 g/mol. The maximum atomic E-state index is 12.6. The molecule has 150 valence electrons. The number of carbonyl (C=O) groups excluding carboxylic acids is 1. The van der Waals surface area contributed by atoms with E-state index in [1.807, 2.05) is 6.07 Å². The van der Waals surface area contributed by atoms with Crippen LogP contribution >= 0.6 is 12.4 Å². The van der Waals surface area contributed by atoms with Crippen LogP contribution in [0.15, 0.2) is 42.5 Å². The zero-order valence-corrected chi connectivity index (χ0v) is 17.2. The Labute approximate surface area is 173 Å². The van der Waals surface area contributed by atoms with Gasteiger partial charge < -0.3 is 15.4 Å². The molecule has 2 aliphatic rings. The Kier molecular flexibility index (Phi) is 6.97. The molecule has 0 radical (unpaired) electrons. The molecule has 2 N–H and O–H groups in total. The molecule has 0 fully saturated rings. The molecule has 1 heterocycles. The third-order valence-corrected chi connectivity index (χ3v) is 5.94. The summed E-state index contributed by atoms with van der Waals surface area (Å²) in [6, 6.07) is 15.0. The molecule has 1 aliphatic carbocycles. The molecule has 2 unspecified atom stereocenters. The highest BCUT2D eigenvalue weighted by Gasteiger charge is 2.24. The number of rotatable bonds is 5. The first-order valence-electron chi connectivity index (χ1n) is 9.99. The molecule has 2 aromatic rings. The number of carbonyl (C=O) groups is 1. The van der Waals surface area contributed by atoms with E-state index in [4.69, 9.17) is 4.74 Å². The van der Waals surface area contributed by atoms with E-state index in [-0.39, 0.29) is 24.4 Å². The Morgan fingerprint density at radius 2 is 2.00 bits per heavy atom. The lowest BCUT2D eigenvalue weighted by molar-refractivity contribution is -0.121. The van der Waals surface area contributed by atoms with Crippen LogP contribution in [-0.4, -0.2) is 26.1 Å². The van der Waals surface area contributed by atoms with Crippen molar-refractivity contribution in [2.24, 2.45) is 0 Å². The third kappa shape index (κ3) is 4.50. The van der Waals surface area contributed by atoms with Gasteiger partial charge in [-0.05, 0) is 72.5 Å². The van der Waals surface area contributed by atoms with Crippen molar-refractivity contribution in [3.63, 3.8) is 0 Å². The van der Waals surface area contributed by atoms with Crippen LogP contribution in [0.25, 0.3) is 0 Å². The van der Waals surface area contributed by atoms with Gasteiger partial charge in [-0.1, -0.05) is 30.3 Å². The predicted octanol–water partition coefficient (Wildman–Crippen LogP) is 3.93. The number of nitrogens with one attached hydrogen (secondary N) is 2. The average molecular weight is 401 g/mol. The fourth-order valence-electron chi connectivity index (χ4n) is 4.52. The zero-order valence-electron chi connectivity index (χ0n) is 16.4. The SMILES string of the molecule is COc1ccc2c(c1)CCCC2CC(=O)NCC1NCCc2ccccc21.Cl. The van der Waals surface area contributed by atoms with Gasteiger partial charge in [0.05, 0.1) is 7.11 Å². The molecule has 0 spiro atoms. The molecule has 2 aromatic carbocycles. The first-order valence-corrected chi connectivity index (χ1v) is 9.99. The summed E-state index contributed by atoms with van der Waals surface area (Å²) in [5.41, 5.74) is 5.37. The van der Waals surface area contributed by atoms with Gasteiger partial charge >= 0.3 is 0 Å². The molecule has 5 heteroatoms. The van der Waals surface area contributed by atoms with Gasteiger partial charge in [0.25, 0.3) is 0 Å². The van der Waals surface area contributed by atoms with Crippen LogP contribution in [0.4, 0.5) is 0 Å². The fraction of sp³-hybridized carbons (Fsp3) is 0.435. The molecule has 0 saturated heterocycles. The summed E-state index contributed by atoms with van der Waals surface area (Å²) in [7, 11) is 1.70. The summed E-state index contributed by atoms with van der Waals surface area (Å²) in [6.07, 6.45) is 4.91. The summed E-state index contributed by atoms with van der Waals surface area (Å²) >= 11 is 0. The van der Waals surface area contributed by atoms with Crippen LogP contribution in [-0.2, 0) is 17.6 Å². The summed E-state index contributed by atoms with van der Waals surface area (Å²) in [5, 5.41) is 6.70. The maximum absolute atomic E-state index is 12.6. The van der Waals surface area contributed by atoms with Crippen LogP contribution in [0, 0.1) is 0 Å². The average Bonchev–Trinajstić information content (AvgIpc) is 2.72. The Balaban J connectivity index is 0.00000225. The standard InChI is InChI=1S/C23H28N2O2.ClH/c1-27-19-9-10-20-17(13-19)6-4-7-18(20)14-23(26)25-15-22-21-8-3-2-5-16(21)11-12-24-22;/h2-3,5,8-10,13,18,22,24H,4,6-7,11-12,14-15H2,1H3,(H,25,26);1H. The van der Waals surface area contributed by atoms with Gasteiger partial charge in [0.15, 0.2) is 0 Å². The normalized spacial score (nSPS) is 20.3. The molecule has 0 saturated carbocycles. The number of aryl methyl sites for hydroxylation is 1. The van der Waals surface area contributed by atoms with Gasteiger partial charge in [0.2, 0.25) is 5.91 Å². The number of halogens is 1. The van der Waals surface area contributed by atoms with Crippen molar-refractivity contribution in [2.45, 2.75) is 44.1 Å². The largest absolute Gasteiger partial charge is 0.497 e. The summed E-state index contributed by atoms with van der Waals surface area (Å²) in [4.78, 5) is 12.6. The second kappa shape index (κ2) is 9.44. The second-order valence-electron chi connectivity index (χ2n) is 7.62. The van der Waals surface area contributed by atoms with Crippen LogP contribution < -0.4 is 15.4 Å². The first-order chi connectivity index (χ1) is 13.2.